The highest BCUT2D eigenvalue weighted by molar-refractivity contribution is 9.10. The number of amides is 2. The zero-order chi connectivity index (χ0) is 23.7. The number of hydrazine groups is 1. The third kappa shape index (κ3) is 8.47. The van der Waals surface area contributed by atoms with Crippen LogP contribution >= 0.6 is 28.1 Å². The van der Waals surface area contributed by atoms with Crippen molar-refractivity contribution >= 4 is 45.1 Å². The Hall–Kier alpha value is -2.65. The highest BCUT2D eigenvalue weighted by Gasteiger charge is 2.16. The molecule has 0 atom stereocenters. The summed E-state index contributed by atoms with van der Waals surface area (Å²) < 4.78 is 12.1. The lowest BCUT2D eigenvalue weighted by Gasteiger charge is -2.15. The van der Waals surface area contributed by atoms with Gasteiger partial charge in [0.1, 0.15) is 11.5 Å². The Morgan fingerprint density at radius 1 is 1.00 bits per heavy atom. The highest BCUT2D eigenvalue weighted by Crippen LogP contribution is 2.24. The van der Waals surface area contributed by atoms with Crippen LogP contribution in [0.25, 0.3) is 0 Å². The standard InChI is InChI=1S/C23H28BrN3O4S/c1-14(2)11-12-30-18-8-5-16(6-9-18)21(28)26-27-23(32)25-22(29)19-13-17(24)7-10-20(19)31-15(3)4/h5-10,13-15H,11-12H2,1-4H3,(H,26,28)(H2,25,27,29,32). The summed E-state index contributed by atoms with van der Waals surface area (Å²) in [5.74, 6) is 0.834. The van der Waals surface area contributed by atoms with Crippen LogP contribution < -0.4 is 25.6 Å². The molecule has 3 N–H and O–H groups in total. The third-order valence-corrected chi connectivity index (χ3v) is 4.84. The normalized spacial score (nSPS) is 10.6. The lowest BCUT2D eigenvalue weighted by atomic mass is 10.1. The summed E-state index contributed by atoms with van der Waals surface area (Å²) in [6, 6.07) is 11.9. The third-order valence-electron chi connectivity index (χ3n) is 4.15. The molecule has 2 amide bonds. The minimum absolute atomic E-state index is 0.0486. The molecule has 0 fully saturated rings. The number of benzene rings is 2. The summed E-state index contributed by atoms with van der Waals surface area (Å²) in [4.78, 5) is 25.0. The molecule has 0 unspecified atom stereocenters. The van der Waals surface area contributed by atoms with E-state index in [1.165, 1.54) is 0 Å². The molecular formula is C23H28BrN3O4S. The molecule has 0 aromatic heterocycles. The summed E-state index contributed by atoms with van der Waals surface area (Å²) in [5, 5.41) is 2.48. The van der Waals surface area contributed by atoms with Crippen LogP contribution in [0.3, 0.4) is 0 Å². The molecule has 172 valence electrons. The number of carbonyl (C=O) groups is 2. The molecule has 0 radical (unpaired) electrons. The van der Waals surface area contributed by atoms with Gasteiger partial charge in [-0.1, -0.05) is 29.8 Å². The number of hydrogen-bond acceptors (Lipinski definition) is 5. The first-order valence-electron chi connectivity index (χ1n) is 10.3. The molecule has 0 aliphatic carbocycles. The first-order chi connectivity index (χ1) is 15.2. The van der Waals surface area contributed by atoms with E-state index in [0.29, 0.717) is 35.2 Å². The lowest BCUT2D eigenvalue weighted by Crippen LogP contribution is -2.48. The van der Waals surface area contributed by atoms with Crippen LogP contribution in [0.5, 0.6) is 11.5 Å². The van der Waals surface area contributed by atoms with Crippen LogP contribution in [0.2, 0.25) is 0 Å². The summed E-state index contributed by atoms with van der Waals surface area (Å²) in [5.41, 5.74) is 5.73. The molecule has 0 saturated carbocycles. The van der Waals surface area contributed by atoms with Gasteiger partial charge in [0.05, 0.1) is 18.3 Å². The van der Waals surface area contributed by atoms with Crippen molar-refractivity contribution in [3.05, 3.63) is 58.1 Å². The Bertz CT molecular complexity index is 949. The lowest BCUT2D eigenvalue weighted by molar-refractivity contribution is 0.0933. The van der Waals surface area contributed by atoms with Crippen molar-refractivity contribution in [3.8, 4) is 11.5 Å². The maximum absolute atomic E-state index is 12.6. The van der Waals surface area contributed by atoms with Crippen molar-refractivity contribution < 1.29 is 19.1 Å². The molecule has 0 aliphatic heterocycles. The monoisotopic (exact) mass is 521 g/mol. The average molecular weight is 522 g/mol. The zero-order valence-corrected chi connectivity index (χ0v) is 20.9. The molecule has 9 heteroatoms. The number of thiocarbonyl (C=S) groups is 1. The van der Waals surface area contributed by atoms with Crippen LogP contribution in [0.1, 0.15) is 54.8 Å². The van der Waals surface area contributed by atoms with Crippen molar-refractivity contribution in [2.24, 2.45) is 5.92 Å². The topological polar surface area (TPSA) is 88.7 Å². The van der Waals surface area contributed by atoms with Crippen molar-refractivity contribution in [1.82, 2.24) is 16.2 Å². The fourth-order valence-electron chi connectivity index (χ4n) is 2.54. The second kappa shape index (κ2) is 12.4. The van der Waals surface area contributed by atoms with Gasteiger partial charge in [-0.2, -0.15) is 0 Å². The van der Waals surface area contributed by atoms with Crippen molar-refractivity contribution in [1.29, 1.82) is 0 Å². The quantitative estimate of drug-likeness (QED) is 0.347. The van der Waals surface area contributed by atoms with Gasteiger partial charge in [-0.25, -0.2) is 0 Å². The highest BCUT2D eigenvalue weighted by atomic mass is 79.9. The van der Waals surface area contributed by atoms with Crippen molar-refractivity contribution in [2.75, 3.05) is 6.61 Å². The molecule has 2 aromatic carbocycles. The van der Waals surface area contributed by atoms with E-state index < -0.39 is 11.8 Å². The number of ether oxygens (including phenoxy) is 2. The van der Waals surface area contributed by atoms with Gasteiger partial charge < -0.3 is 9.47 Å². The molecular weight excluding hydrogens is 494 g/mol. The van der Waals surface area contributed by atoms with Crippen LogP contribution in [0.4, 0.5) is 0 Å². The van der Waals surface area contributed by atoms with Gasteiger partial charge in [-0.15, -0.1) is 0 Å². The fraction of sp³-hybridized carbons (Fsp3) is 0.348. The van der Waals surface area contributed by atoms with Crippen LogP contribution in [-0.4, -0.2) is 29.6 Å². The minimum atomic E-state index is -0.461. The van der Waals surface area contributed by atoms with Gasteiger partial charge >= 0.3 is 0 Å². The second-order valence-electron chi connectivity index (χ2n) is 7.72. The van der Waals surface area contributed by atoms with Crippen LogP contribution in [0.15, 0.2) is 46.9 Å². The summed E-state index contributed by atoms with van der Waals surface area (Å²) >= 11 is 8.47. The average Bonchev–Trinajstić information content (AvgIpc) is 2.73. The van der Waals surface area contributed by atoms with E-state index in [0.717, 1.165) is 10.9 Å². The zero-order valence-electron chi connectivity index (χ0n) is 18.5. The molecule has 0 saturated heterocycles. The molecule has 7 nitrogen and oxygen atoms in total. The van der Waals surface area contributed by atoms with E-state index in [9.17, 15) is 9.59 Å². The Morgan fingerprint density at radius 2 is 1.69 bits per heavy atom. The number of carbonyl (C=O) groups excluding carboxylic acids is 2. The summed E-state index contributed by atoms with van der Waals surface area (Å²) in [7, 11) is 0. The number of halogens is 1. The van der Waals surface area contributed by atoms with E-state index in [1.54, 1.807) is 42.5 Å². The van der Waals surface area contributed by atoms with E-state index in [2.05, 4.69) is 45.9 Å². The molecule has 0 spiro atoms. The fourth-order valence-corrected chi connectivity index (χ4v) is 3.04. The predicted molar refractivity (Wildman–Crippen MR) is 132 cm³/mol. The van der Waals surface area contributed by atoms with E-state index in [-0.39, 0.29) is 11.2 Å². The van der Waals surface area contributed by atoms with E-state index in [1.807, 2.05) is 13.8 Å². The van der Waals surface area contributed by atoms with Gasteiger partial charge in [0.2, 0.25) is 0 Å². The van der Waals surface area contributed by atoms with Crippen molar-refractivity contribution in [2.45, 2.75) is 40.2 Å². The Kier molecular flexibility index (Phi) is 9.93. The summed E-state index contributed by atoms with van der Waals surface area (Å²) in [6.07, 6.45) is 0.861. The van der Waals surface area contributed by atoms with Gasteiger partial charge in [0.15, 0.2) is 5.11 Å². The van der Waals surface area contributed by atoms with Gasteiger partial charge in [-0.3, -0.25) is 25.8 Å². The Labute approximate surface area is 202 Å². The molecule has 2 aromatic rings. The Morgan fingerprint density at radius 3 is 2.31 bits per heavy atom. The van der Waals surface area contributed by atoms with Crippen LogP contribution in [-0.2, 0) is 0 Å². The minimum Gasteiger partial charge on any atom is -0.494 e. The molecule has 0 bridgehead atoms. The van der Waals surface area contributed by atoms with E-state index in [4.69, 9.17) is 21.7 Å². The Balaban J connectivity index is 1.88. The number of nitrogens with one attached hydrogen (secondary N) is 3. The van der Waals surface area contributed by atoms with Gasteiger partial charge in [0.25, 0.3) is 11.8 Å². The maximum atomic E-state index is 12.6. The van der Waals surface area contributed by atoms with Crippen LogP contribution in [0, 0.1) is 5.92 Å². The van der Waals surface area contributed by atoms with E-state index >= 15 is 0 Å². The first-order valence-corrected chi connectivity index (χ1v) is 11.5. The molecule has 0 aliphatic rings. The largest absolute Gasteiger partial charge is 0.494 e. The number of rotatable bonds is 8. The first kappa shape index (κ1) is 25.6. The maximum Gasteiger partial charge on any atom is 0.269 e. The molecule has 32 heavy (non-hydrogen) atoms. The smallest absolute Gasteiger partial charge is 0.269 e. The van der Waals surface area contributed by atoms with Crippen molar-refractivity contribution in [3.63, 3.8) is 0 Å². The summed E-state index contributed by atoms with van der Waals surface area (Å²) in [6.45, 7) is 8.63. The second-order valence-corrected chi connectivity index (χ2v) is 9.05. The SMILES string of the molecule is CC(C)CCOc1ccc(C(=O)NNC(=S)NC(=O)c2cc(Br)ccc2OC(C)C)cc1. The van der Waals surface area contributed by atoms with Gasteiger partial charge in [0, 0.05) is 10.0 Å². The number of hydrogen-bond donors (Lipinski definition) is 3. The molecule has 2 rings (SSSR count). The molecule has 0 heterocycles. The predicted octanol–water partition coefficient (Wildman–Crippen LogP) is 4.61. The van der Waals surface area contributed by atoms with Gasteiger partial charge in [-0.05, 0) is 80.9 Å².